The molecule has 6 heteroatoms. The molecule has 0 aromatic heterocycles. The lowest BCUT2D eigenvalue weighted by molar-refractivity contribution is 0.400. The summed E-state index contributed by atoms with van der Waals surface area (Å²) in [6.45, 7) is 22.7. The van der Waals surface area contributed by atoms with E-state index in [1.165, 1.54) is 18.1 Å². The molecule has 23 heavy (non-hydrogen) atoms. The molecule has 0 N–H and O–H groups in total. The first kappa shape index (κ1) is 23.3. The molecule has 0 saturated carbocycles. The summed E-state index contributed by atoms with van der Waals surface area (Å²) in [7, 11) is -6.90. The second-order valence-electron chi connectivity index (χ2n) is 8.07. The predicted molar refractivity (Wildman–Crippen MR) is 116 cm³/mol. The van der Waals surface area contributed by atoms with Gasteiger partial charge in [0.15, 0.2) is 16.6 Å². The third-order valence-electron chi connectivity index (χ3n) is 4.54. The lowest BCUT2D eigenvalue weighted by atomic mass is 10.8. The minimum Gasteiger partial charge on any atom is -0.433 e. The minimum atomic E-state index is -2.10. The Balaban J connectivity index is 5.09. The smallest absolute Gasteiger partial charge is 0.311 e. The van der Waals surface area contributed by atoms with Crippen molar-refractivity contribution >= 4 is 33.3 Å². The van der Waals surface area contributed by atoms with Gasteiger partial charge in [0, 0.05) is 0 Å². The fourth-order valence-corrected chi connectivity index (χ4v) is 20.5. The summed E-state index contributed by atoms with van der Waals surface area (Å²) in [5.74, 6) is 0. The molecule has 0 atom stereocenters. The van der Waals surface area contributed by atoms with Crippen molar-refractivity contribution in [3.8, 4) is 0 Å². The highest BCUT2D eigenvalue weighted by atomic mass is 28.5. The summed E-state index contributed by atoms with van der Waals surface area (Å²) in [6.07, 6.45) is 2.11. The molecule has 0 aromatic carbocycles. The van der Waals surface area contributed by atoms with Crippen molar-refractivity contribution in [2.24, 2.45) is 0 Å². The van der Waals surface area contributed by atoms with Crippen LogP contribution in [0.4, 0.5) is 0 Å². The fourth-order valence-electron chi connectivity index (χ4n) is 3.24. The quantitative estimate of drug-likeness (QED) is 0.404. The standard InChI is InChI=1S/C17H40O2Si4/c1-11-15-20(5,6)18-22(9,10)19-21(7,8)16-17-23(12-2,13-3)14-4/h11,15-17H,12-14H2,1-10H3. The van der Waals surface area contributed by atoms with Gasteiger partial charge in [0.1, 0.15) is 0 Å². The molecule has 0 aliphatic rings. The van der Waals surface area contributed by atoms with Crippen LogP contribution in [-0.2, 0) is 8.23 Å². The molecular formula is C17H40O2Si4. The van der Waals surface area contributed by atoms with Gasteiger partial charge in [0.25, 0.3) is 0 Å². The van der Waals surface area contributed by atoms with Crippen molar-refractivity contribution in [2.45, 2.75) is 85.1 Å². The molecule has 0 heterocycles. The van der Waals surface area contributed by atoms with E-state index in [1.807, 2.05) is 0 Å². The van der Waals surface area contributed by atoms with Gasteiger partial charge in [-0.3, -0.25) is 0 Å². The summed E-state index contributed by atoms with van der Waals surface area (Å²) >= 11 is 0. The van der Waals surface area contributed by atoms with Crippen LogP contribution in [0, 0.1) is 0 Å². The van der Waals surface area contributed by atoms with E-state index in [2.05, 4.69) is 90.2 Å². The van der Waals surface area contributed by atoms with E-state index in [0.717, 1.165) is 0 Å². The highest BCUT2D eigenvalue weighted by molar-refractivity contribution is 6.92. The van der Waals surface area contributed by atoms with Crippen LogP contribution in [0.3, 0.4) is 0 Å². The Bertz CT molecular complexity index is 403. The first-order valence-electron chi connectivity index (χ1n) is 9.11. The Morgan fingerprint density at radius 1 is 0.652 bits per heavy atom. The zero-order valence-corrected chi connectivity index (χ0v) is 21.2. The van der Waals surface area contributed by atoms with E-state index in [-0.39, 0.29) is 0 Å². The number of hydrogen-bond donors (Lipinski definition) is 0. The second kappa shape index (κ2) is 9.10. The van der Waals surface area contributed by atoms with E-state index in [0.29, 0.717) is 0 Å². The molecule has 0 bridgehead atoms. The van der Waals surface area contributed by atoms with E-state index in [1.54, 1.807) is 0 Å². The Kier molecular flexibility index (Phi) is 9.21. The summed E-state index contributed by atoms with van der Waals surface area (Å²) in [6, 6.07) is 4.00. The van der Waals surface area contributed by atoms with Gasteiger partial charge in [0.2, 0.25) is 0 Å². The molecule has 0 spiro atoms. The average molecular weight is 389 g/mol. The topological polar surface area (TPSA) is 18.5 Å². The molecule has 136 valence electrons. The third-order valence-corrected chi connectivity index (χ3v) is 20.2. The van der Waals surface area contributed by atoms with Gasteiger partial charge in [-0.25, -0.2) is 0 Å². The fraction of sp³-hybridized carbons (Fsp3) is 0.765. The average Bonchev–Trinajstić information content (AvgIpc) is 2.38. The molecule has 0 fully saturated rings. The maximum absolute atomic E-state index is 6.63. The molecule has 2 nitrogen and oxygen atoms in total. The zero-order valence-electron chi connectivity index (χ0n) is 17.2. The van der Waals surface area contributed by atoms with E-state index in [9.17, 15) is 0 Å². The highest BCUT2D eigenvalue weighted by Crippen LogP contribution is 2.25. The molecule has 0 amide bonds. The van der Waals surface area contributed by atoms with Crippen molar-refractivity contribution in [3.63, 3.8) is 0 Å². The number of rotatable bonds is 10. The Morgan fingerprint density at radius 2 is 1.04 bits per heavy atom. The predicted octanol–water partition coefficient (Wildman–Crippen LogP) is 6.39. The van der Waals surface area contributed by atoms with Gasteiger partial charge in [0.05, 0.1) is 8.07 Å². The molecule has 0 aliphatic carbocycles. The summed E-state index contributed by atoms with van der Waals surface area (Å²) in [4.78, 5) is 0. The van der Waals surface area contributed by atoms with Gasteiger partial charge in [-0.05, 0) is 46.2 Å². The molecular weight excluding hydrogens is 349 g/mol. The van der Waals surface area contributed by atoms with Crippen LogP contribution in [0.2, 0.25) is 57.4 Å². The van der Waals surface area contributed by atoms with E-state index >= 15 is 0 Å². The van der Waals surface area contributed by atoms with Crippen LogP contribution in [0.5, 0.6) is 0 Å². The van der Waals surface area contributed by atoms with Gasteiger partial charge in [-0.2, -0.15) is 0 Å². The highest BCUT2D eigenvalue weighted by Gasteiger charge is 2.38. The largest absolute Gasteiger partial charge is 0.433 e. The maximum Gasteiger partial charge on any atom is 0.311 e. The maximum atomic E-state index is 6.63. The Hall–Kier alpha value is 0.268. The summed E-state index contributed by atoms with van der Waals surface area (Å²) in [5, 5.41) is 0. The van der Waals surface area contributed by atoms with Crippen LogP contribution < -0.4 is 0 Å². The molecule has 0 aliphatic heterocycles. The lowest BCUT2D eigenvalue weighted by Crippen LogP contribution is -2.51. The SMILES string of the molecule is CC=C[Si](C)(C)O[Si](C)(C)O[Si](C)(C)C=C[Si](CC)(CC)CC. The van der Waals surface area contributed by atoms with Gasteiger partial charge < -0.3 is 8.23 Å². The second-order valence-corrected chi connectivity index (χ2v) is 24.8. The molecule has 0 rings (SSSR count). The summed E-state index contributed by atoms with van der Waals surface area (Å²) < 4.78 is 13.1. The van der Waals surface area contributed by atoms with Gasteiger partial charge in [-0.15, -0.1) is 0 Å². The number of hydrogen-bond acceptors (Lipinski definition) is 2. The minimum absolute atomic E-state index is 1.22. The molecule has 0 radical (unpaired) electrons. The third kappa shape index (κ3) is 8.79. The monoisotopic (exact) mass is 388 g/mol. The van der Waals surface area contributed by atoms with Crippen LogP contribution in [0.15, 0.2) is 23.2 Å². The van der Waals surface area contributed by atoms with Crippen molar-refractivity contribution in [2.75, 3.05) is 0 Å². The lowest BCUT2D eigenvalue weighted by Gasteiger charge is -2.37. The zero-order chi connectivity index (χ0) is 18.4. The number of allylic oxidation sites excluding steroid dienone is 1. The molecule has 0 unspecified atom stereocenters. The van der Waals surface area contributed by atoms with Gasteiger partial charge in [-0.1, -0.05) is 62.1 Å². The van der Waals surface area contributed by atoms with E-state index in [4.69, 9.17) is 8.23 Å². The summed E-state index contributed by atoms with van der Waals surface area (Å²) in [5.41, 5.74) is 7.29. The van der Waals surface area contributed by atoms with Gasteiger partial charge >= 0.3 is 8.56 Å². The van der Waals surface area contributed by atoms with Crippen molar-refractivity contribution in [3.05, 3.63) is 23.2 Å². The first-order chi connectivity index (χ1) is 10.4. The first-order valence-corrected chi connectivity index (χ1v) is 20.6. The van der Waals surface area contributed by atoms with Crippen LogP contribution in [-0.4, -0.2) is 33.3 Å². The van der Waals surface area contributed by atoms with Crippen molar-refractivity contribution < 1.29 is 8.23 Å². The Morgan fingerprint density at radius 3 is 1.39 bits per heavy atom. The Labute approximate surface area is 149 Å². The molecule has 0 aromatic rings. The normalized spacial score (nSPS) is 15.0. The molecule has 0 saturated heterocycles. The van der Waals surface area contributed by atoms with Crippen LogP contribution >= 0.6 is 0 Å². The van der Waals surface area contributed by atoms with Crippen LogP contribution in [0.1, 0.15) is 27.7 Å². The van der Waals surface area contributed by atoms with E-state index < -0.39 is 33.3 Å². The van der Waals surface area contributed by atoms with Crippen molar-refractivity contribution in [1.82, 2.24) is 0 Å². The van der Waals surface area contributed by atoms with Crippen molar-refractivity contribution in [1.29, 1.82) is 0 Å². The van der Waals surface area contributed by atoms with Crippen LogP contribution in [0.25, 0.3) is 0 Å².